The van der Waals surface area contributed by atoms with Gasteiger partial charge in [-0.15, -0.1) is 0 Å². The zero-order chi connectivity index (χ0) is 20.1. The summed E-state index contributed by atoms with van der Waals surface area (Å²) in [5.74, 6) is 3.58. The second kappa shape index (κ2) is 9.71. The van der Waals surface area contributed by atoms with Gasteiger partial charge in [-0.2, -0.15) is 16.9 Å². The molecule has 7 nitrogen and oxygen atoms in total. The number of thioether (sulfide) groups is 1. The summed E-state index contributed by atoms with van der Waals surface area (Å²) in [6, 6.07) is 0. The van der Waals surface area contributed by atoms with Crippen LogP contribution >= 0.6 is 11.8 Å². The Morgan fingerprint density at radius 1 is 1.31 bits per heavy atom. The van der Waals surface area contributed by atoms with Gasteiger partial charge in [-0.25, -0.2) is 0 Å². The van der Waals surface area contributed by atoms with E-state index in [2.05, 4.69) is 45.1 Å². The highest BCUT2D eigenvalue weighted by molar-refractivity contribution is 7.99. The van der Waals surface area contributed by atoms with E-state index in [9.17, 15) is 0 Å². The van der Waals surface area contributed by atoms with Gasteiger partial charge in [-0.3, -0.25) is 14.6 Å². The van der Waals surface area contributed by atoms with Crippen LogP contribution in [0.5, 0.6) is 0 Å². The fourth-order valence-electron chi connectivity index (χ4n) is 4.94. The van der Waals surface area contributed by atoms with Crippen molar-refractivity contribution in [2.24, 2.45) is 12.0 Å². The third-order valence-electron chi connectivity index (χ3n) is 6.54. The van der Waals surface area contributed by atoms with E-state index in [1.54, 1.807) is 0 Å². The lowest BCUT2D eigenvalue weighted by atomic mass is 9.95. The zero-order valence-electron chi connectivity index (χ0n) is 18.0. The molecule has 1 atom stereocenters. The molecule has 3 heterocycles. The van der Waals surface area contributed by atoms with Crippen LogP contribution in [0.2, 0.25) is 0 Å². The molecule has 29 heavy (non-hydrogen) atoms. The van der Waals surface area contributed by atoms with Crippen molar-refractivity contribution in [1.82, 2.24) is 24.9 Å². The first-order valence-corrected chi connectivity index (χ1v) is 12.3. The Bertz CT molecular complexity index is 680. The summed E-state index contributed by atoms with van der Waals surface area (Å²) in [5, 5.41) is 7.86. The second-order valence-corrected chi connectivity index (χ2v) is 9.68. The first-order valence-electron chi connectivity index (χ1n) is 11.2. The average molecular weight is 421 g/mol. The number of hydrogen-bond acceptors (Lipinski definition) is 5. The standard InChI is InChI=1S/C21H36N6OS/c1-3-22-20(26-8-11-28-19(16-26)18-14-24-25(2)15-18)23-17-21(6-4-5-7-21)27-9-12-29-13-10-27/h14-15,19H,3-13,16-17H2,1-2H3,(H,22,23). The molecule has 3 fully saturated rings. The van der Waals surface area contributed by atoms with Crippen molar-refractivity contribution in [1.29, 1.82) is 0 Å². The number of aromatic nitrogens is 2. The number of rotatable bonds is 5. The minimum absolute atomic E-state index is 0.0564. The number of morpholine rings is 1. The summed E-state index contributed by atoms with van der Waals surface area (Å²) in [6.07, 6.45) is 9.30. The normalized spacial score (nSPS) is 26.1. The highest BCUT2D eigenvalue weighted by Gasteiger charge is 2.40. The number of aliphatic imine (C=N–C) groups is 1. The minimum atomic E-state index is 0.0564. The van der Waals surface area contributed by atoms with Gasteiger partial charge in [-0.05, 0) is 19.8 Å². The number of hydrogen-bond donors (Lipinski definition) is 1. The van der Waals surface area contributed by atoms with E-state index >= 15 is 0 Å². The maximum absolute atomic E-state index is 6.04. The molecule has 2 saturated heterocycles. The molecule has 1 saturated carbocycles. The van der Waals surface area contributed by atoms with Gasteiger partial charge in [0.25, 0.3) is 0 Å². The Morgan fingerprint density at radius 3 is 2.79 bits per heavy atom. The molecule has 1 unspecified atom stereocenters. The molecular formula is C21H36N6OS. The van der Waals surface area contributed by atoms with Crippen molar-refractivity contribution >= 4 is 17.7 Å². The fourth-order valence-corrected chi connectivity index (χ4v) is 5.85. The minimum Gasteiger partial charge on any atom is -0.370 e. The van der Waals surface area contributed by atoms with E-state index in [4.69, 9.17) is 9.73 Å². The lowest BCUT2D eigenvalue weighted by Gasteiger charge is -2.43. The van der Waals surface area contributed by atoms with E-state index in [0.29, 0.717) is 0 Å². The Labute approximate surface area is 179 Å². The summed E-state index contributed by atoms with van der Waals surface area (Å²) in [7, 11) is 1.95. The van der Waals surface area contributed by atoms with Crippen molar-refractivity contribution in [3.63, 3.8) is 0 Å². The molecule has 0 radical (unpaired) electrons. The highest BCUT2D eigenvalue weighted by Crippen LogP contribution is 2.37. The Morgan fingerprint density at radius 2 is 2.10 bits per heavy atom. The molecule has 0 bridgehead atoms. The SMILES string of the molecule is CCNC(=NCC1(N2CCSCC2)CCCC1)N1CCOC(c2cnn(C)c2)C1. The molecular weight excluding hydrogens is 384 g/mol. The van der Waals surface area contributed by atoms with Crippen LogP contribution < -0.4 is 5.32 Å². The Kier molecular flexibility index (Phi) is 7.03. The average Bonchev–Trinajstić information content (AvgIpc) is 3.42. The largest absolute Gasteiger partial charge is 0.370 e. The summed E-state index contributed by atoms with van der Waals surface area (Å²) >= 11 is 2.09. The van der Waals surface area contributed by atoms with Crippen LogP contribution in [0.4, 0.5) is 0 Å². The molecule has 1 N–H and O–H groups in total. The van der Waals surface area contributed by atoms with Gasteiger partial charge >= 0.3 is 0 Å². The van der Waals surface area contributed by atoms with Crippen LogP contribution in [0.25, 0.3) is 0 Å². The van der Waals surface area contributed by atoms with Gasteiger partial charge in [0.15, 0.2) is 5.96 Å². The molecule has 0 aromatic carbocycles. The quantitative estimate of drug-likeness (QED) is 0.582. The van der Waals surface area contributed by atoms with Crippen molar-refractivity contribution in [3.05, 3.63) is 18.0 Å². The van der Waals surface area contributed by atoms with Gasteiger partial charge in [0, 0.05) is 62.0 Å². The molecule has 8 heteroatoms. The predicted molar refractivity (Wildman–Crippen MR) is 120 cm³/mol. The van der Waals surface area contributed by atoms with Gasteiger partial charge in [0.2, 0.25) is 0 Å². The maximum Gasteiger partial charge on any atom is 0.194 e. The monoisotopic (exact) mass is 420 g/mol. The molecule has 1 aromatic rings. The third-order valence-corrected chi connectivity index (χ3v) is 7.48. The number of nitrogens with zero attached hydrogens (tertiary/aromatic N) is 5. The molecule has 0 amide bonds. The van der Waals surface area contributed by atoms with Crippen molar-refractivity contribution < 1.29 is 4.74 Å². The fraction of sp³-hybridized carbons (Fsp3) is 0.810. The smallest absolute Gasteiger partial charge is 0.194 e. The third kappa shape index (κ3) is 4.91. The number of aryl methyl sites for hydroxylation is 1. The Hall–Kier alpha value is -1.25. The van der Waals surface area contributed by atoms with Crippen LogP contribution in [-0.4, -0.2) is 88.5 Å². The van der Waals surface area contributed by atoms with Gasteiger partial charge in [0.05, 0.1) is 25.9 Å². The first-order chi connectivity index (χ1) is 14.2. The summed E-state index contributed by atoms with van der Waals surface area (Å²) in [5.41, 5.74) is 1.42. The topological polar surface area (TPSA) is 57.9 Å². The van der Waals surface area contributed by atoms with Crippen LogP contribution in [-0.2, 0) is 11.8 Å². The van der Waals surface area contributed by atoms with E-state index in [1.165, 1.54) is 50.3 Å². The predicted octanol–water partition coefficient (Wildman–Crippen LogP) is 2.12. The van der Waals surface area contributed by atoms with Gasteiger partial charge in [0.1, 0.15) is 6.10 Å². The van der Waals surface area contributed by atoms with Crippen molar-refractivity contribution in [2.75, 3.05) is 57.4 Å². The summed E-state index contributed by atoms with van der Waals surface area (Å²) < 4.78 is 7.89. The number of guanidine groups is 1. The highest BCUT2D eigenvalue weighted by atomic mass is 32.2. The summed E-state index contributed by atoms with van der Waals surface area (Å²) in [6.45, 7) is 8.83. The lowest BCUT2D eigenvalue weighted by Crippen LogP contribution is -2.54. The number of ether oxygens (including phenoxy) is 1. The summed E-state index contributed by atoms with van der Waals surface area (Å²) in [4.78, 5) is 10.3. The van der Waals surface area contributed by atoms with Crippen LogP contribution in [0, 0.1) is 0 Å². The number of nitrogens with one attached hydrogen (secondary N) is 1. The van der Waals surface area contributed by atoms with Gasteiger partial charge < -0.3 is 15.0 Å². The molecule has 162 valence electrons. The Balaban J connectivity index is 1.47. The lowest BCUT2D eigenvalue weighted by molar-refractivity contribution is -0.00817. The van der Waals surface area contributed by atoms with Crippen LogP contribution in [0.15, 0.2) is 17.4 Å². The first kappa shape index (κ1) is 21.0. The van der Waals surface area contributed by atoms with E-state index in [-0.39, 0.29) is 11.6 Å². The van der Waals surface area contributed by atoms with E-state index < -0.39 is 0 Å². The van der Waals surface area contributed by atoms with Crippen LogP contribution in [0.1, 0.15) is 44.3 Å². The molecule has 1 aliphatic carbocycles. The van der Waals surface area contributed by atoms with E-state index in [0.717, 1.165) is 44.3 Å². The van der Waals surface area contributed by atoms with Crippen molar-refractivity contribution in [2.45, 2.75) is 44.2 Å². The molecule has 1 aromatic heterocycles. The van der Waals surface area contributed by atoms with Gasteiger partial charge in [-0.1, -0.05) is 12.8 Å². The van der Waals surface area contributed by atoms with E-state index in [1.807, 2.05) is 17.9 Å². The van der Waals surface area contributed by atoms with Crippen molar-refractivity contribution in [3.8, 4) is 0 Å². The molecule has 4 rings (SSSR count). The second-order valence-electron chi connectivity index (χ2n) is 8.45. The molecule has 3 aliphatic rings. The molecule has 0 spiro atoms. The maximum atomic E-state index is 6.04. The van der Waals surface area contributed by atoms with Crippen LogP contribution in [0.3, 0.4) is 0 Å². The zero-order valence-corrected chi connectivity index (χ0v) is 18.8. The molecule has 2 aliphatic heterocycles.